The van der Waals surface area contributed by atoms with Crippen LogP contribution in [0, 0.1) is 11.8 Å². The summed E-state index contributed by atoms with van der Waals surface area (Å²) in [6.45, 7) is 5.44. The number of benzene rings is 1. The molecule has 4 heteroatoms. The smallest absolute Gasteiger partial charge is 0.340 e. The fourth-order valence-electron chi connectivity index (χ4n) is 2.85. The molecule has 4 nitrogen and oxygen atoms in total. The van der Waals surface area contributed by atoms with E-state index in [1.54, 1.807) is 19.1 Å². The molecule has 2 rings (SSSR count). The van der Waals surface area contributed by atoms with Crippen molar-refractivity contribution in [2.45, 2.75) is 39.5 Å². The largest absolute Gasteiger partial charge is 0.462 e. The Morgan fingerprint density at radius 1 is 1.33 bits per heavy atom. The van der Waals surface area contributed by atoms with Gasteiger partial charge in [-0.3, -0.25) is 0 Å². The van der Waals surface area contributed by atoms with Gasteiger partial charge in [-0.2, -0.15) is 0 Å². The zero-order valence-electron chi connectivity index (χ0n) is 13.0. The van der Waals surface area contributed by atoms with E-state index in [9.17, 15) is 4.79 Å². The minimum absolute atomic E-state index is 0.356. The molecule has 1 fully saturated rings. The van der Waals surface area contributed by atoms with E-state index < -0.39 is 0 Å². The number of carbonyl (C=O) groups is 1. The van der Waals surface area contributed by atoms with E-state index in [2.05, 4.69) is 12.2 Å². The normalized spacial score (nSPS) is 21.8. The SMILES string of the molecule is CCOC(=O)c1cc(NCC2CCC(C)CC2)ccc1N. The van der Waals surface area contributed by atoms with Crippen molar-refractivity contribution < 1.29 is 9.53 Å². The predicted octanol–water partition coefficient (Wildman–Crippen LogP) is 3.68. The van der Waals surface area contributed by atoms with E-state index >= 15 is 0 Å². The summed E-state index contributed by atoms with van der Waals surface area (Å²) in [5.74, 6) is 1.24. The van der Waals surface area contributed by atoms with Gasteiger partial charge in [0.1, 0.15) is 0 Å². The van der Waals surface area contributed by atoms with Gasteiger partial charge in [0.25, 0.3) is 0 Å². The lowest BCUT2D eigenvalue weighted by Gasteiger charge is -2.26. The third kappa shape index (κ3) is 4.38. The molecule has 0 spiro atoms. The zero-order valence-corrected chi connectivity index (χ0v) is 13.0. The van der Waals surface area contributed by atoms with Crippen LogP contribution in [0.2, 0.25) is 0 Å². The first-order chi connectivity index (χ1) is 10.1. The minimum Gasteiger partial charge on any atom is -0.462 e. The van der Waals surface area contributed by atoms with Gasteiger partial charge >= 0.3 is 5.97 Å². The van der Waals surface area contributed by atoms with Gasteiger partial charge in [0, 0.05) is 17.9 Å². The summed E-state index contributed by atoms with van der Waals surface area (Å²) in [6.07, 6.45) is 5.21. The molecule has 116 valence electrons. The number of nitrogens with one attached hydrogen (secondary N) is 1. The van der Waals surface area contributed by atoms with Crippen molar-refractivity contribution >= 4 is 17.3 Å². The molecular weight excluding hydrogens is 264 g/mol. The summed E-state index contributed by atoms with van der Waals surface area (Å²) in [5, 5.41) is 3.43. The van der Waals surface area contributed by atoms with Gasteiger partial charge in [0.2, 0.25) is 0 Å². The van der Waals surface area contributed by atoms with E-state index in [0.29, 0.717) is 17.9 Å². The molecule has 21 heavy (non-hydrogen) atoms. The van der Waals surface area contributed by atoms with Gasteiger partial charge in [-0.1, -0.05) is 19.8 Å². The molecule has 1 aliphatic rings. The average molecular weight is 290 g/mol. The maximum atomic E-state index is 11.8. The summed E-state index contributed by atoms with van der Waals surface area (Å²) in [5.41, 5.74) is 7.69. The Labute approximate surface area is 127 Å². The van der Waals surface area contributed by atoms with Crippen molar-refractivity contribution in [3.63, 3.8) is 0 Å². The fourth-order valence-corrected chi connectivity index (χ4v) is 2.85. The van der Waals surface area contributed by atoms with Gasteiger partial charge < -0.3 is 15.8 Å². The van der Waals surface area contributed by atoms with Crippen LogP contribution in [0.15, 0.2) is 18.2 Å². The number of hydrogen-bond donors (Lipinski definition) is 2. The van der Waals surface area contributed by atoms with E-state index in [1.807, 2.05) is 6.07 Å². The van der Waals surface area contributed by atoms with E-state index in [-0.39, 0.29) is 5.97 Å². The summed E-state index contributed by atoms with van der Waals surface area (Å²) in [7, 11) is 0. The second kappa shape index (κ2) is 7.34. The maximum absolute atomic E-state index is 11.8. The molecule has 1 aromatic carbocycles. The van der Waals surface area contributed by atoms with Crippen molar-refractivity contribution in [3.8, 4) is 0 Å². The maximum Gasteiger partial charge on any atom is 0.340 e. The molecule has 0 unspecified atom stereocenters. The van der Waals surface area contributed by atoms with Crippen LogP contribution in [0.1, 0.15) is 49.9 Å². The Morgan fingerprint density at radius 3 is 2.71 bits per heavy atom. The highest BCUT2D eigenvalue weighted by molar-refractivity contribution is 5.96. The lowest BCUT2D eigenvalue weighted by Crippen LogP contribution is -2.20. The number of hydrogen-bond acceptors (Lipinski definition) is 4. The molecule has 0 heterocycles. The Bertz CT molecular complexity index is 480. The molecule has 0 saturated heterocycles. The molecule has 0 aliphatic heterocycles. The number of carbonyl (C=O) groups excluding carboxylic acids is 1. The third-order valence-corrected chi connectivity index (χ3v) is 4.28. The highest BCUT2D eigenvalue weighted by Gasteiger charge is 2.18. The minimum atomic E-state index is -0.356. The van der Waals surface area contributed by atoms with Crippen LogP contribution in [0.25, 0.3) is 0 Å². The predicted molar refractivity (Wildman–Crippen MR) is 86.4 cm³/mol. The molecule has 0 amide bonds. The number of nitrogen functional groups attached to an aromatic ring is 1. The molecule has 1 aliphatic carbocycles. The highest BCUT2D eigenvalue weighted by atomic mass is 16.5. The lowest BCUT2D eigenvalue weighted by atomic mass is 9.83. The first kappa shape index (κ1) is 15.7. The average Bonchev–Trinajstić information content (AvgIpc) is 2.48. The van der Waals surface area contributed by atoms with Gasteiger partial charge in [-0.05, 0) is 49.8 Å². The second-order valence-corrected chi connectivity index (χ2v) is 6.03. The number of nitrogens with two attached hydrogens (primary N) is 1. The molecule has 0 bridgehead atoms. The van der Waals surface area contributed by atoms with Gasteiger partial charge in [-0.25, -0.2) is 4.79 Å². The van der Waals surface area contributed by atoms with Crippen molar-refractivity contribution in [1.82, 2.24) is 0 Å². The summed E-state index contributed by atoms with van der Waals surface area (Å²) >= 11 is 0. The van der Waals surface area contributed by atoms with Gasteiger partial charge in [0.15, 0.2) is 0 Å². The van der Waals surface area contributed by atoms with Crippen molar-refractivity contribution in [3.05, 3.63) is 23.8 Å². The molecule has 3 N–H and O–H groups in total. The fraction of sp³-hybridized carbons (Fsp3) is 0.588. The first-order valence-corrected chi connectivity index (χ1v) is 7.90. The molecular formula is C17H26N2O2. The van der Waals surface area contributed by atoms with E-state index in [4.69, 9.17) is 10.5 Å². The van der Waals surface area contributed by atoms with Crippen LogP contribution >= 0.6 is 0 Å². The molecule has 0 aromatic heterocycles. The van der Waals surface area contributed by atoms with Crippen LogP contribution in [0.5, 0.6) is 0 Å². The second-order valence-electron chi connectivity index (χ2n) is 6.03. The molecule has 1 aromatic rings. The Kier molecular flexibility index (Phi) is 5.48. The Balaban J connectivity index is 1.94. The molecule has 0 atom stereocenters. The van der Waals surface area contributed by atoms with E-state index in [0.717, 1.165) is 24.1 Å². The van der Waals surface area contributed by atoms with Crippen molar-refractivity contribution in [2.24, 2.45) is 11.8 Å². The van der Waals surface area contributed by atoms with E-state index in [1.165, 1.54) is 25.7 Å². The van der Waals surface area contributed by atoms with Crippen molar-refractivity contribution in [2.75, 3.05) is 24.2 Å². The number of esters is 1. The van der Waals surface area contributed by atoms with Crippen LogP contribution in [0.4, 0.5) is 11.4 Å². The standard InChI is InChI=1S/C17H26N2O2/c1-3-21-17(20)15-10-14(8-9-16(15)18)19-11-13-6-4-12(2)5-7-13/h8-10,12-13,19H,3-7,11,18H2,1-2H3. The first-order valence-electron chi connectivity index (χ1n) is 7.90. The Hall–Kier alpha value is -1.71. The van der Waals surface area contributed by atoms with Crippen molar-refractivity contribution in [1.29, 1.82) is 0 Å². The highest BCUT2D eigenvalue weighted by Crippen LogP contribution is 2.28. The molecule has 1 saturated carbocycles. The topological polar surface area (TPSA) is 64.3 Å². The van der Waals surface area contributed by atoms with Gasteiger partial charge in [0.05, 0.1) is 12.2 Å². The summed E-state index contributed by atoms with van der Waals surface area (Å²) < 4.78 is 5.02. The monoisotopic (exact) mass is 290 g/mol. The van der Waals surface area contributed by atoms with Crippen LogP contribution in [-0.4, -0.2) is 19.1 Å². The van der Waals surface area contributed by atoms with Crippen LogP contribution < -0.4 is 11.1 Å². The number of ether oxygens (including phenoxy) is 1. The summed E-state index contributed by atoms with van der Waals surface area (Å²) in [4.78, 5) is 11.8. The number of anilines is 2. The summed E-state index contributed by atoms with van der Waals surface area (Å²) in [6, 6.07) is 5.47. The molecule has 0 radical (unpaired) electrons. The van der Waals surface area contributed by atoms with Crippen LogP contribution in [0.3, 0.4) is 0 Å². The zero-order chi connectivity index (χ0) is 15.2. The Morgan fingerprint density at radius 2 is 2.05 bits per heavy atom. The van der Waals surface area contributed by atoms with Gasteiger partial charge in [-0.15, -0.1) is 0 Å². The third-order valence-electron chi connectivity index (χ3n) is 4.28. The quantitative estimate of drug-likeness (QED) is 0.641. The van der Waals surface area contributed by atoms with Crippen LogP contribution in [-0.2, 0) is 4.74 Å². The number of rotatable bonds is 5. The lowest BCUT2D eigenvalue weighted by molar-refractivity contribution is 0.0527.